The number of esters is 2. The van der Waals surface area contributed by atoms with Gasteiger partial charge in [-0.15, -0.1) is 0 Å². The van der Waals surface area contributed by atoms with Crippen LogP contribution in [0.3, 0.4) is 0 Å². The molecule has 3 heterocycles. The quantitative estimate of drug-likeness (QED) is 0.179. The molecule has 182 valence electrons. The van der Waals surface area contributed by atoms with Crippen LogP contribution in [0, 0.1) is 5.92 Å². The SMILES string of the molecule is O=C1OC2(C[C@@H]3CCCC[C@H]3N2)OC(=O)C1(F)CCCOC1O[C@H](CO)[C@@H](O)[C@H](O)[C@H]1O. The van der Waals surface area contributed by atoms with Gasteiger partial charge in [0.25, 0.3) is 0 Å². The highest BCUT2D eigenvalue weighted by molar-refractivity contribution is 6.05. The van der Waals surface area contributed by atoms with Crippen LogP contribution in [0.5, 0.6) is 0 Å². The summed E-state index contributed by atoms with van der Waals surface area (Å²) in [5.74, 6) is -4.04. The molecule has 3 aliphatic heterocycles. The second kappa shape index (κ2) is 9.09. The molecule has 32 heavy (non-hydrogen) atoms. The lowest BCUT2D eigenvalue weighted by molar-refractivity contribution is -0.301. The average molecular weight is 463 g/mol. The fraction of sp³-hybridized carbons (Fsp3) is 0.900. The number of carbonyl (C=O) groups excluding carboxylic acids is 2. The Kier molecular flexibility index (Phi) is 6.74. The van der Waals surface area contributed by atoms with Crippen LogP contribution in [0.2, 0.25) is 0 Å². The van der Waals surface area contributed by atoms with E-state index in [4.69, 9.17) is 18.9 Å². The van der Waals surface area contributed by atoms with Crippen LogP contribution >= 0.6 is 0 Å². The van der Waals surface area contributed by atoms with Crippen LogP contribution in [0.25, 0.3) is 0 Å². The monoisotopic (exact) mass is 463 g/mol. The van der Waals surface area contributed by atoms with Gasteiger partial charge in [0.2, 0.25) is 0 Å². The predicted octanol–water partition coefficient (Wildman–Crippen LogP) is -1.40. The minimum Gasteiger partial charge on any atom is -0.406 e. The highest BCUT2D eigenvalue weighted by Gasteiger charge is 2.63. The summed E-state index contributed by atoms with van der Waals surface area (Å²) < 4.78 is 36.2. The average Bonchev–Trinajstić information content (AvgIpc) is 3.12. The number of ether oxygens (including phenoxy) is 4. The zero-order chi connectivity index (χ0) is 23.1. The number of aliphatic hydroxyl groups excluding tert-OH is 4. The predicted molar refractivity (Wildman–Crippen MR) is 101 cm³/mol. The summed E-state index contributed by atoms with van der Waals surface area (Å²) in [6, 6.07) is 0.0587. The van der Waals surface area contributed by atoms with E-state index in [2.05, 4.69) is 5.32 Å². The molecule has 11 nitrogen and oxygen atoms in total. The number of hydrogen-bond acceptors (Lipinski definition) is 11. The number of hydrogen-bond donors (Lipinski definition) is 5. The molecule has 4 rings (SSSR count). The molecular formula is C20H30FNO10. The van der Waals surface area contributed by atoms with Gasteiger partial charge in [-0.2, -0.15) is 0 Å². The van der Waals surface area contributed by atoms with Crippen molar-refractivity contribution in [2.24, 2.45) is 5.92 Å². The van der Waals surface area contributed by atoms with Crippen molar-refractivity contribution in [2.45, 2.75) is 93.3 Å². The number of fused-ring (bicyclic) bond motifs is 1. The van der Waals surface area contributed by atoms with Gasteiger partial charge in [-0.25, -0.2) is 19.3 Å². The molecule has 1 spiro atoms. The number of nitrogens with one attached hydrogen (secondary N) is 1. The first-order chi connectivity index (χ1) is 15.2. The molecule has 0 aromatic heterocycles. The summed E-state index contributed by atoms with van der Waals surface area (Å²) >= 11 is 0. The third-order valence-electron chi connectivity index (χ3n) is 6.80. The number of alkyl halides is 1. The minimum absolute atomic E-state index is 0.0587. The normalized spacial score (nSPS) is 46.6. The maximum atomic E-state index is 15.2. The van der Waals surface area contributed by atoms with Crippen LogP contribution < -0.4 is 5.32 Å². The lowest BCUT2D eigenvalue weighted by atomic mass is 9.85. The topological polar surface area (TPSA) is 164 Å². The van der Waals surface area contributed by atoms with Gasteiger partial charge in [0.05, 0.1) is 13.2 Å². The van der Waals surface area contributed by atoms with E-state index in [0.29, 0.717) is 6.42 Å². The van der Waals surface area contributed by atoms with E-state index in [-0.39, 0.29) is 25.0 Å². The molecule has 3 saturated heterocycles. The van der Waals surface area contributed by atoms with E-state index >= 15 is 4.39 Å². The Bertz CT molecular complexity index is 686. The van der Waals surface area contributed by atoms with E-state index in [9.17, 15) is 30.0 Å². The lowest BCUT2D eigenvalue weighted by Gasteiger charge is -2.40. The van der Waals surface area contributed by atoms with Gasteiger partial charge in [0, 0.05) is 18.9 Å². The van der Waals surface area contributed by atoms with Crippen molar-refractivity contribution < 1.29 is 53.4 Å². The van der Waals surface area contributed by atoms with Gasteiger partial charge < -0.3 is 39.4 Å². The van der Waals surface area contributed by atoms with Crippen molar-refractivity contribution in [1.82, 2.24) is 5.32 Å². The third-order valence-corrected chi connectivity index (χ3v) is 6.80. The van der Waals surface area contributed by atoms with Gasteiger partial charge in [-0.3, -0.25) is 0 Å². The Morgan fingerprint density at radius 3 is 2.41 bits per heavy atom. The van der Waals surface area contributed by atoms with Crippen molar-refractivity contribution in [3.8, 4) is 0 Å². The maximum Gasteiger partial charge on any atom is 0.360 e. The molecular weight excluding hydrogens is 433 g/mol. The zero-order valence-corrected chi connectivity index (χ0v) is 17.5. The van der Waals surface area contributed by atoms with Gasteiger partial charge in [-0.1, -0.05) is 12.8 Å². The largest absolute Gasteiger partial charge is 0.406 e. The van der Waals surface area contributed by atoms with E-state index in [0.717, 1.165) is 25.7 Å². The van der Waals surface area contributed by atoms with E-state index in [1.165, 1.54) is 0 Å². The van der Waals surface area contributed by atoms with Gasteiger partial charge >= 0.3 is 23.5 Å². The molecule has 0 amide bonds. The van der Waals surface area contributed by atoms with E-state index < -0.39 is 67.3 Å². The third kappa shape index (κ3) is 4.25. The number of rotatable bonds is 6. The summed E-state index contributed by atoms with van der Waals surface area (Å²) in [5, 5.41) is 41.7. The van der Waals surface area contributed by atoms with E-state index in [1.54, 1.807) is 0 Å². The van der Waals surface area contributed by atoms with Crippen LogP contribution in [-0.4, -0.2) is 93.9 Å². The summed E-state index contributed by atoms with van der Waals surface area (Å²) in [5.41, 5.74) is -2.99. The standard InChI is InChI=1S/C20H30FNO10/c21-19(6-3-7-29-16-15(26)14(25)13(24)12(9-23)30-16)17(27)31-20(32-18(19)28)8-10-4-1-2-5-11(10)22-20/h10-16,22-26H,1-9H2/t10-,11+,12+,13+,14-,15+,16?,19?,20?/m0/s1. The highest BCUT2D eigenvalue weighted by atomic mass is 19.1. The van der Waals surface area contributed by atoms with Crippen molar-refractivity contribution in [3.05, 3.63) is 0 Å². The van der Waals surface area contributed by atoms with Crippen LogP contribution in [0.4, 0.5) is 4.39 Å². The first kappa shape index (κ1) is 23.7. The van der Waals surface area contributed by atoms with Crippen molar-refractivity contribution >= 4 is 11.9 Å². The number of aliphatic hydroxyl groups is 4. The molecule has 7 atom stereocenters. The van der Waals surface area contributed by atoms with Gasteiger partial charge in [0.15, 0.2) is 6.29 Å². The van der Waals surface area contributed by atoms with Crippen LogP contribution in [-0.2, 0) is 28.5 Å². The highest BCUT2D eigenvalue weighted by Crippen LogP contribution is 2.43. The summed E-state index contributed by atoms with van der Waals surface area (Å²) in [4.78, 5) is 24.9. The lowest BCUT2D eigenvalue weighted by Crippen LogP contribution is -2.62. The Morgan fingerprint density at radius 1 is 1.06 bits per heavy atom. The molecule has 1 aliphatic carbocycles. The molecule has 4 fully saturated rings. The van der Waals surface area contributed by atoms with Gasteiger partial charge in [-0.05, 0) is 25.2 Å². The zero-order valence-electron chi connectivity index (χ0n) is 17.5. The van der Waals surface area contributed by atoms with E-state index in [1.807, 2.05) is 0 Å². The van der Waals surface area contributed by atoms with Crippen LogP contribution in [0.15, 0.2) is 0 Å². The molecule has 0 radical (unpaired) electrons. The Balaban J connectivity index is 1.29. The van der Waals surface area contributed by atoms with Crippen molar-refractivity contribution in [3.63, 3.8) is 0 Å². The molecule has 0 aromatic carbocycles. The fourth-order valence-corrected chi connectivity index (χ4v) is 4.96. The number of carbonyl (C=O) groups is 2. The summed E-state index contributed by atoms with van der Waals surface area (Å²) in [6.45, 7) is -0.865. The molecule has 12 heteroatoms. The second-order valence-electron chi connectivity index (χ2n) is 9.00. The summed E-state index contributed by atoms with van der Waals surface area (Å²) in [6.07, 6.45) is -3.84. The van der Waals surface area contributed by atoms with Gasteiger partial charge in [0.1, 0.15) is 24.4 Å². The first-order valence-electron chi connectivity index (χ1n) is 11.0. The minimum atomic E-state index is -2.99. The molecule has 4 aliphatic rings. The Morgan fingerprint density at radius 2 is 1.75 bits per heavy atom. The summed E-state index contributed by atoms with van der Waals surface area (Å²) in [7, 11) is 0. The molecule has 1 unspecified atom stereocenters. The Labute approximate surface area is 183 Å². The molecule has 0 aromatic rings. The number of halogens is 1. The van der Waals surface area contributed by atoms with Crippen LogP contribution in [0.1, 0.15) is 44.9 Å². The first-order valence-corrected chi connectivity index (χ1v) is 11.0. The molecule has 1 saturated carbocycles. The van der Waals surface area contributed by atoms with Crippen molar-refractivity contribution in [2.75, 3.05) is 13.2 Å². The molecule has 0 bridgehead atoms. The smallest absolute Gasteiger partial charge is 0.360 e. The second-order valence-corrected chi connectivity index (χ2v) is 9.00. The Hall–Kier alpha value is -1.41. The maximum absolute atomic E-state index is 15.2. The van der Waals surface area contributed by atoms with Crippen molar-refractivity contribution in [1.29, 1.82) is 0 Å². The fourth-order valence-electron chi connectivity index (χ4n) is 4.96. The molecule has 5 N–H and O–H groups in total.